The summed E-state index contributed by atoms with van der Waals surface area (Å²) in [6.07, 6.45) is 2.18. The minimum absolute atomic E-state index is 0.0397. The van der Waals surface area contributed by atoms with Crippen molar-refractivity contribution >= 4 is 21.7 Å². The quantitative estimate of drug-likeness (QED) is 0.692. The van der Waals surface area contributed by atoms with Crippen LogP contribution in [0.2, 0.25) is 5.35 Å². The normalized spacial score (nSPS) is 11.8. The average Bonchev–Trinajstić information content (AvgIpc) is 2.30. The van der Waals surface area contributed by atoms with E-state index in [0.717, 1.165) is 6.26 Å². The smallest absolute Gasteiger partial charge is 0.292 e. The lowest BCUT2D eigenvalue weighted by Crippen LogP contribution is -2.02. The van der Waals surface area contributed by atoms with Gasteiger partial charge in [0.15, 0.2) is 0 Å². The first-order valence-electron chi connectivity index (χ1n) is 2.92. The Balaban J connectivity index is 2.55. The Morgan fingerprint density at radius 2 is 2.42 bits per heavy atom. The molecule has 1 aromatic heterocycles. The monoisotopic (exact) mass is 211 g/mol. The molecule has 1 aromatic rings. The number of nitrogens with zero attached hydrogens (tertiary/aromatic N) is 1. The molecule has 0 bridgehead atoms. The van der Waals surface area contributed by atoms with Crippen LogP contribution in [0.25, 0.3) is 0 Å². The van der Waals surface area contributed by atoms with Crippen LogP contribution in [-0.4, -0.2) is 19.7 Å². The SMILES string of the molecule is CS(=O)(=O)OCc1coc(Cl)n1. The van der Waals surface area contributed by atoms with E-state index in [4.69, 9.17) is 11.6 Å². The van der Waals surface area contributed by atoms with Crippen molar-refractivity contribution in [1.82, 2.24) is 4.98 Å². The zero-order valence-corrected chi connectivity index (χ0v) is 7.72. The standard InChI is InChI=1S/C5H6ClNO4S/c1-12(8,9)11-3-4-2-10-5(6)7-4/h2H,3H2,1H3. The van der Waals surface area contributed by atoms with E-state index < -0.39 is 10.1 Å². The summed E-state index contributed by atoms with van der Waals surface area (Å²) in [5.74, 6) is 0. The third kappa shape index (κ3) is 3.21. The third-order valence-corrected chi connectivity index (χ3v) is 1.66. The van der Waals surface area contributed by atoms with E-state index in [1.54, 1.807) is 0 Å². The zero-order chi connectivity index (χ0) is 9.19. The van der Waals surface area contributed by atoms with Crippen molar-refractivity contribution in [2.24, 2.45) is 0 Å². The Kier molecular flexibility index (Phi) is 2.71. The van der Waals surface area contributed by atoms with Crippen molar-refractivity contribution in [1.29, 1.82) is 0 Å². The maximum atomic E-state index is 10.5. The molecule has 0 fully saturated rings. The molecule has 1 rings (SSSR count). The number of halogens is 1. The van der Waals surface area contributed by atoms with Gasteiger partial charge in [-0.2, -0.15) is 8.42 Å². The molecule has 12 heavy (non-hydrogen) atoms. The Hall–Kier alpha value is -0.590. The molecule has 5 nitrogen and oxygen atoms in total. The number of hydrogen-bond acceptors (Lipinski definition) is 5. The molecule has 0 atom stereocenters. The molecule has 0 aliphatic rings. The molecule has 0 saturated heterocycles. The number of hydrogen-bond donors (Lipinski definition) is 0. The van der Waals surface area contributed by atoms with Crippen molar-refractivity contribution in [2.75, 3.05) is 6.26 Å². The molecular formula is C5H6ClNO4S. The highest BCUT2D eigenvalue weighted by molar-refractivity contribution is 7.85. The fraction of sp³-hybridized carbons (Fsp3) is 0.400. The summed E-state index contributed by atoms with van der Waals surface area (Å²) in [6.45, 7) is -0.158. The van der Waals surface area contributed by atoms with Crippen molar-refractivity contribution in [3.8, 4) is 0 Å². The summed E-state index contributed by atoms with van der Waals surface area (Å²) >= 11 is 5.33. The molecule has 0 aliphatic carbocycles. The van der Waals surface area contributed by atoms with Crippen LogP contribution in [0.4, 0.5) is 0 Å². The van der Waals surface area contributed by atoms with E-state index in [1.807, 2.05) is 0 Å². The van der Waals surface area contributed by atoms with Gasteiger partial charge in [0.25, 0.3) is 15.5 Å². The minimum atomic E-state index is -3.44. The molecule has 68 valence electrons. The van der Waals surface area contributed by atoms with Gasteiger partial charge in [0.05, 0.1) is 6.26 Å². The van der Waals surface area contributed by atoms with Gasteiger partial charge in [-0.15, -0.1) is 0 Å². The third-order valence-electron chi connectivity index (χ3n) is 0.945. The van der Waals surface area contributed by atoms with Gasteiger partial charge in [-0.25, -0.2) is 4.98 Å². The predicted octanol–water partition coefficient (Wildman–Crippen LogP) is 0.804. The Labute approximate surface area is 74.4 Å². The molecule has 0 saturated carbocycles. The number of aromatic nitrogens is 1. The van der Waals surface area contributed by atoms with Gasteiger partial charge < -0.3 is 4.42 Å². The highest BCUT2D eigenvalue weighted by Crippen LogP contribution is 2.08. The summed E-state index contributed by atoms with van der Waals surface area (Å²) in [6, 6.07) is 0. The molecule has 0 aliphatic heterocycles. The maximum Gasteiger partial charge on any atom is 0.292 e. The summed E-state index contributed by atoms with van der Waals surface area (Å²) < 4.78 is 30.0. The fourth-order valence-corrected chi connectivity index (χ4v) is 1.00. The second-order valence-electron chi connectivity index (χ2n) is 2.06. The van der Waals surface area contributed by atoms with Crippen LogP contribution < -0.4 is 0 Å². The highest BCUT2D eigenvalue weighted by Gasteiger charge is 2.05. The summed E-state index contributed by atoms with van der Waals surface area (Å²) in [5, 5.41) is -0.0397. The lowest BCUT2D eigenvalue weighted by molar-refractivity contribution is 0.307. The predicted molar refractivity (Wildman–Crippen MR) is 41.1 cm³/mol. The van der Waals surface area contributed by atoms with Crippen LogP contribution in [0.15, 0.2) is 10.7 Å². The molecule has 1 heterocycles. The largest absolute Gasteiger partial charge is 0.436 e. The van der Waals surface area contributed by atoms with E-state index in [-0.39, 0.29) is 12.0 Å². The molecule has 0 aromatic carbocycles. The first-order valence-corrected chi connectivity index (χ1v) is 5.11. The van der Waals surface area contributed by atoms with E-state index in [9.17, 15) is 8.42 Å². The van der Waals surface area contributed by atoms with Crippen LogP contribution >= 0.6 is 11.6 Å². The Morgan fingerprint density at radius 3 is 2.83 bits per heavy atom. The Bertz CT molecular complexity index is 357. The lowest BCUT2D eigenvalue weighted by Gasteiger charge is -1.94. The second kappa shape index (κ2) is 3.42. The van der Waals surface area contributed by atoms with Gasteiger partial charge in [-0.3, -0.25) is 4.18 Å². The van der Waals surface area contributed by atoms with Gasteiger partial charge in [0.2, 0.25) is 0 Å². The van der Waals surface area contributed by atoms with Gasteiger partial charge in [0.1, 0.15) is 18.6 Å². The van der Waals surface area contributed by atoms with Gasteiger partial charge in [-0.05, 0) is 11.6 Å². The van der Waals surface area contributed by atoms with Gasteiger partial charge >= 0.3 is 0 Å². The fourth-order valence-electron chi connectivity index (χ4n) is 0.516. The van der Waals surface area contributed by atoms with Crippen LogP contribution in [0, 0.1) is 0 Å². The summed E-state index contributed by atoms with van der Waals surface area (Å²) in [5.41, 5.74) is 0.338. The highest BCUT2D eigenvalue weighted by atomic mass is 35.5. The second-order valence-corrected chi connectivity index (χ2v) is 4.03. The van der Waals surface area contributed by atoms with E-state index in [0.29, 0.717) is 5.69 Å². The van der Waals surface area contributed by atoms with E-state index in [2.05, 4.69) is 13.6 Å². The van der Waals surface area contributed by atoms with Gasteiger partial charge in [0, 0.05) is 0 Å². The maximum absolute atomic E-state index is 10.5. The molecule has 0 radical (unpaired) electrons. The summed E-state index contributed by atoms with van der Waals surface area (Å²) in [7, 11) is -3.44. The first-order chi connectivity index (χ1) is 5.47. The van der Waals surface area contributed by atoms with E-state index >= 15 is 0 Å². The molecule has 0 N–H and O–H groups in total. The van der Waals surface area contributed by atoms with Crippen LogP contribution in [0.3, 0.4) is 0 Å². The summed E-state index contributed by atoms with van der Waals surface area (Å²) in [4.78, 5) is 3.62. The molecular weight excluding hydrogens is 206 g/mol. The average molecular weight is 212 g/mol. The zero-order valence-electron chi connectivity index (χ0n) is 6.15. The topological polar surface area (TPSA) is 69.4 Å². The van der Waals surface area contributed by atoms with Crippen LogP contribution in [0.5, 0.6) is 0 Å². The number of rotatable bonds is 3. The molecule has 0 unspecified atom stereocenters. The number of oxazole rings is 1. The lowest BCUT2D eigenvalue weighted by atomic mass is 10.5. The van der Waals surface area contributed by atoms with Crippen molar-refractivity contribution in [3.05, 3.63) is 17.3 Å². The van der Waals surface area contributed by atoms with Crippen molar-refractivity contribution in [3.63, 3.8) is 0 Å². The molecule has 7 heteroatoms. The van der Waals surface area contributed by atoms with Crippen LogP contribution in [0.1, 0.15) is 5.69 Å². The Morgan fingerprint density at radius 1 is 1.75 bits per heavy atom. The van der Waals surface area contributed by atoms with Crippen molar-refractivity contribution < 1.29 is 17.0 Å². The van der Waals surface area contributed by atoms with Gasteiger partial charge in [-0.1, -0.05) is 0 Å². The molecule has 0 amide bonds. The van der Waals surface area contributed by atoms with Crippen molar-refractivity contribution in [2.45, 2.75) is 6.61 Å². The minimum Gasteiger partial charge on any atom is -0.436 e. The van der Waals surface area contributed by atoms with E-state index in [1.165, 1.54) is 6.26 Å². The first kappa shape index (κ1) is 9.50. The van der Waals surface area contributed by atoms with Crippen LogP contribution in [-0.2, 0) is 20.9 Å². The molecule has 0 spiro atoms.